The van der Waals surface area contributed by atoms with Crippen LogP contribution in [0.5, 0.6) is 5.75 Å². The monoisotopic (exact) mass is 270 g/mol. The molecule has 0 aliphatic carbocycles. The van der Waals surface area contributed by atoms with Gasteiger partial charge in [0.15, 0.2) is 9.84 Å². The van der Waals surface area contributed by atoms with E-state index in [2.05, 4.69) is 0 Å². The van der Waals surface area contributed by atoms with Gasteiger partial charge in [-0.3, -0.25) is 5.41 Å². The van der Waals surface area contributed by atoms with E-state index in [9.17, 15) is 8.42 Å². The summed E-state index contributed by atoms with van der Waals surface area (Å²) in [5.74, 6) is 0.786. The molecule has 0 unspecified atom stereocenters. The Morgan fingerprint density at radius 2 is 1.89 bits per heavy atom. The van der Waals surface area contributed by atoms with E-state index < -0.39 is 9.84 Å². The van der Waals surface area contributed by atoms with Crippen molar-refractivity contribution in [3.8, 4) is 5.75 Å². The van der Waals surface area contributed by atoms with Crippen LogP contribution in [0.4, 0.5) is 0 Å². The van der Waals surface area contributed by atoms with Crippen LogP contribution in [0.3, 0.4) is 0 Å². The highest BCUT2D eigenvalue weighted by Gasteiger charge is 2.09. The largest absolute Gasteiger partial charge is 0.493 e. The first kappa shape index (κ1) is 14.5. The summed E-state index contributed by atoms with van der Waals surface area (Å²) in [4.78, 5) is 0. The highest BCUT2D eigenvalue weighted by molar-refractivity contribution is 7.91. The Kier molecular flexibility index (Phi) is 5.15. The number of nitrogens with two attached hydrogens (primary N) is 1. The van der Waals surface area contributed by atoms with Crippen molar-refractivity contribution in [3.63, 3.8) is 0 Å². The molecule has 0 aromatic heterocycles. The Labute approximate surface area is 107 Å². The van der Waals surface area contributed by atoms with Crippen LogP contribution in [-0.4, -0.2) is 32.4 Å². The first-order valence-corrected chi connectivity index (χ1v) is 7.54. The van der Waals surface area contributed by atoms with Crippen LogP contribution < -0.4 is 10.5 Å². The molecule has 0 saturated carbocycles. The number of sulfone groups is 1. The number of nitrogen functional groups attached to an aromatic ring is 1. The topological polar surface area (TPSA) is 93.2 Å². The van der Waals surface area contributed by atoms with E-state index in [1.54, 1.807) is 24.3 Å². The molecule has 0 bridgehead atoms. The molecule has 0 atom stereocenters. The van der Waals surface area contributed by atoms with Crippen LogP contribution in [0.2, 0.25) is 0 Å². The Bertz CT molecular complexity index is 495. The summed E-state index contributed by atoms with van der Waals surface area (Å²) in [5.41, 5.74) is 5.93. The van der Waals surface area contributed by atoms with Crippen molar-refractivity contribution >= 4 is 15.7 Å². The van der Waals surface area contributed by atoms with Gasteiger partial charge in [-0.05, 0) is 30.7 Å². The van der Waals surface area contributed by atoms with E-state index in [1.807, 2.05) is 6.92 Å². The minimum absolute atomic E-state index is 0.00734. The summed E-state index contributed by atoms with van der Waals surface area (Å²) in [6.07, 6.45) is 0.621. The summed E-state index contributed by atoms with van der Waals surface area (Å²) in [7, 11) is -3.00. The van der Waals surface area contributed by atoms with Crippen molar-refractivity contribution in [1.82, 2.24) is 0 Å². The molecule has 100 valence electrons. The molecule has 6 heteroatoms. The average molecular weight is 270 g/mol. The summed E-state index contributed by atoms with van der Waals surface area (Å²) in [6, 6.07) is 6.67. The van der Waals surface area contributed by atoms with Gasteiger partial charge in [0.05, 0.1) is 11.5 Å². The average Bonchev–Trinajstić information content (AvgIpc) is 2.29. The molecule has 0 radical (unpaired) electrons. The number of rotatable bonds is 7. The van der Waals surface area contributed by atoms with Gasteiger partial charge >= 0.3 is 0 Å². The Morgan fingerprint density at radius 1 is 1.28 bits per heavy atom. The van der Waals surface area contributed by atoms with Crippen molar-refractivity contribution in [2.45, 2.75) is 13.3 Å². The van der Waals surface area contributed by atoms with Gasteiger partial charge in [0.25, 0.3) is 0 Å². The maximum absolute atomic E-state index is 11.4. The fraction of sp³-hybridized carbons (Fsp3) is 0.417. The highest BCUT2D eigenvalue weighted by atomic mass is 32.2. The Hall–Kier alpha value is -1.56. The second-order valence-corrected chi connectivity index (χ2v) is 6.24. The molecule has 0 amide bonds. The number of nitrogens with one attached hydrogen (secondary N) is 1. The molecule has 1 aromatic rings. The van der Waals surface area contributed by atoms with Crippen LogP contribution in [0, 0.1) is 5.41 Å². The van der Waals surface area contributed by atoms with Gasteiger partial charge in [-0.15, -0.1) is 0 Å². The first-order chi connectivity index (χ1) is 8.44. The maximum Gasteiger partial charge on any atom is 0.153 e. The van der Waals surface area contributed by atoms with Gasteiger partial charge in [-0.25, -0.2) is 8.42 Å². The predicted molar refractivity (Wildman–Crippen MR) is 71.9 cm³/mol. The first-order valence-electron chi connectivity index (χ1n) is 5.72. The lowest BCUT2D eigenvalue weighted by molar-refractivity contribution is 0.341. The third-order valence-electron chi connectivity index (χ3n) is 2.34. The molecular weight excluding hydrogens is 252 g/mol. The molecule has 0 aliphatic heterocycles. The third-order valence-corrected chi connectivity index (χ3v) is 4.16. The summed E-state index contributed by atoms with van der Waals surface area (Å²) in [5, 5.41) is 7.23. The summed E-state index contributed by atoms with van der Waals surface area (Å²) >= 11 is 0. The zero-order valence-electron chi connectivity index (χ0n) is 10.3. The minimum atomic E-state index is -3.00. The molecule has 0 aliphatic rings. The van der Waals surface area contributed by atoms with Crippen molar-refractivity contribution in [3.05, 3.63) is 29.8 Å². The molecule has 18 heavy (non-hydrogen) atoms. The number of benzene rings is 1. The molecule has 3 N–H and O–H groups in total. The molecule has 0 fully saturated rings. The van der Waals surface area contributed by atoms with Gasteiger partial charge in [0, 0.05) is 5.56 Å². The van der Waals surface area contributed by atoms with E-state index >= 15 is 0 Å². The maximum atomic E-state index is 11.4. The normalized spacial score (nSPS) is 11.2. The lowest BCUT2D eigenvalue weighted by Gasteiger charge is -2.07. The van der Waals surface area contributed by atoms with Gasteiger partial charge in [0.1, 0.15) is 18.2 Å². The van der Waals surface area contributed by atoms with E-state index in [1.165, 1.54) is 0 Å². The third kappa shape index (κ3) is 4.75. The molecule has 0 spiro atoms. The number of amidine groups is 1. The van der Waals surface area contributed by atoms with Crippen LogP contribution in [0.25, 0.3) is 0 Å². The van der Waals surface area contributed by atoms with Gasteiger partial charge in [-0.1, -0.05) is 6.92 Å². The van der Waals surface area contributed by atoms with Crippen molar-refractivity contribution in [2.75, 3.05) is 18.1 Å². The number of ether oxygens (including phenoxy) is 1. The molecule has 0 heterocycles. The van der Waals surface area contributed by atoms with Crippen molar-refractivity contribution in [1.29, 1.82) is 5.41 Å². The molecule has 5 nitrogen and oxygen atoms in total. The fourth-order valence-corrected chi connectivity index (χ4v) is 2.59. The van der Waals surface area contributed by atoms with E-state index in [-0.39, 0.29) is 23.9 Å². The van der Waals surface area contributed by atoms with E-state index in [0.717, 1.165) is 0 Å². The lowest BCUT2D eigenvalue weighted by Crippen LogP contribution is -2.16. The van der Waals surface area contributed by atoms with Crippen LogP contribution in [0.15, 0.2) is 24.3 Å². The zero-order valence-corrected chi connectivity index (χ0v) is 11.2. The second kappa shape index (κ2) is 6.39. The zero-order chi connectivity index (χ0) is 13.6. The Morgan fingerprint density at radius 3 is 2.39 bits per heavy atom. The number of hydrogen-bond donors (Lipinski definition) is 2. The van der Waals surface area contributed by atoms with Crippen LogP contribution >= 0.6 is 0 Å². The van der Waals surface area contributed by atoms with E-state index in [0.29, 0.717) is 17.7 Å². The molecule has 1 aromatic carbocycles. The SMILES string of the molecule is CCCS(=O)(=O)CCOc1ccc(C(=N)N)cc1. The molecule has 1 rings (SSSR count). The quantitative estimate of drug-likeness (QED) is 0.574. The summed E-state index contributed by atoms with van der Waals surface area (Å²) < 4.78 is 28.2. The van der Waals surface area contributed by atoms with Gasteiger partial charge < -0.3 is 10.5 Å². The van der Waals surface area contributed by atoms with Crippen molar-refractivity contribution < 1.29 is 13.2 Å². The second-order valence-electron chi connectivity index (χ2n) is 3.94. The predicted octanol–water partition coefficient (Wildman–Crippen LogP) is 1.17. The standard InChI is InChI=1S/C12H18N2O3S/c1-2-8-18(15,16)9-7-17-11-5-3-10(4-6-11)12(13)14/h3-6H,2,7-9H2,1H3,(H3,13,14). The molecule has 0 saturated heterocycles. The molecular formula is C12H18N2O3S. The van der Waals surface area contributed by atoms with Crippen LogP contribution in [0.1, 0.15) is 18.9 Å². The summed E-state index contributed by atoms with van der Waals surface area (Å²) in [6.45, 7) is 1.97. The van der Waals surface area contributed by atoms with Gasteiger partial charge in [0.2, 0.25) is 0 Å². The van der Waals surface area contributed by atoms with E-state index in [4.69, 9.17) is 15.9 Å². The number of hydrogen-bond acceptors (Lipinski definition) is 4. The van der Waals surface area contributed by atoms with Crippen molar-refractivity contribution in [2.24, 2.45) is 5.73 Å². The Balaban J connectivity index is 2.47. The van der Waals surface area contributed by atoms with Crippen LogP contribution in [-0.2, 0) is 9.84 Å². The highest BCUT2D eigenvalue weighted by Crippen LogP contribution is 2.11. The lowest BCUT2D eigenvalue weighted by atomic mass is 10.2. The minimum Gasteiger partial charge on any atom is -0.493 e. The smallest absolute Gasteiger partial charge is 0.153 e. The van der Waals surface area contributed by atoms with Gasteiger partial charge in [-0.2, -0.15) is 0 Å². The fourth-order valence-electron chi connectivity index (χ4n) is 1.43.